The summed E-state index contributed by atoms with van der Waals surface area (Å²) in [6.45, 7) is 4.64. The molecule has 0 amide bonds. The van der Waals surface area contributed by atoms with E-state index in [4.69, 9.17) is 9.47 Å². The van der Waals surface area contributed by atoms with Crippen LogP contribution in [0.5, 0.6) is 11.5 Å². The second-order valence-electron chi connectivity index (χ2n) is 6.95. The largest absolute Gasteiger partial charge is 0.490 e. The molecule has 0 bridgehead atoms. The zero-order chi connectivity index (χ0) is 21.6. The van der Waals surface area contributed by atoms with Crippen LogP contribution < -0.4 is 15.0 Å². The Morgan fingerprint density at radius 3 is 2.55 bits per heavy atom. The van der Waals surface area contributed by atoms with E-state index >= 15 is 0 Å². The molecule has 6 heteroatoms. The van der Waals surface area contributed by atoms with Gasteiger partial charge in [0.2, 0.25) is 0 Å². The minimum absolute atomic E-state index is 0.202. The van der Waals surface area contributed by atoms with Gasteiger partial charge in [0.25, 0.3) is 5.56 Å². The lowest BCUT2D eigenvalue weighted by Gasteiger charge is -2.12. The van der Waals surface area contributed by atoms with Crippen LogP contribution in [0.15, 0.2) is 82.7 Å². The van der Waals surface area contributed by atoms with E-state index in [0.29, 0.717) is 41.4 Å². The summed E-state index contributed by atoms with van der Waals surface area (Å²) in [7, 11) is 0. The second kappa shape index (κ2) is 9.26. The zero-order valence-electron chi connectivity index (χ0n) is 17.5. The molecule has 0 aliphatic carbocycles. The number of rotatable bonds is 7. The third-order valence-corrected chi connectivity index (χ3v) is 4.74. The predicted molar refractivity (Wildman–Crippen MR) is 122 cm³/mol. The highest BCUT2D eigenvalue weighted by molar-refractivity contribution is 5.81. The van der Waals surface area contributed by atoms with Gasteiger partial charge in [0.05, 0.1) is 23.7 Å². The third kappa shape index (κ3) is 4.64. The van der Waals surface area contributed by atoms with Gasteiger partial charge < -0.3 is 9.47 Å². The molecule has 3 aromatic carbocycles. The monoisotopic (exact) mass is 413 g/mol. The summed E-state index contributed by atoms with van der Waals surface area (Å²) >= 11 is 0. The van der Waals surface area contributed by atoms with E-state index in [9.17, 15) is 4.79 Å². The normalized spacial score (nSPS) is 11.2. The molecule has 6 nitrogen and oxygen atoms in total. The van der Waals surface area contributed by atoms with E-state index < -0.39 is 0 Å². The standard InChI is InChI=1S/C25H23N3O3/c1-3-30-24-15-20(13-14-23(24)31-17-19-9-5-4-6-10-19)16-26-28-18(2)27-22-12-8-7-11-21(22)25(28)29/h4-16H,3,17H2,1-2H3. The van der Waals surface area contributed by atoms with Gasteiger partial charge in [-0.15, -0.1) is 0 Å². The van der Waals surface area contributed by atoms with Crippen molar-refractivity contribution in [3.05, 3.63) is 100 Å². The Morgan fingerprint density at radius 2 is 1.74 bits per heavy atom. The third-order valence-electron chi connectivity index (χ3n) is 4.74. The first-order valence-corrected chi connectivity index (χ1v) is 10.1. The van der Waals surface area contributed by atoms with E-state index in [0.717, 1.165) is 11.1 Å². The number of aryl methyl sites for hydroxylation is 1. The van der Waals surface area contributed by atoms with E-state index in [1.54, 1.807) is 19.2 Å². The number of aromatic nitrogens is 2. The molecule has 0 atom stereocenters. The molecular weight excluding hydrogens is 390 g/mol. The predicted octanol–water partition coefficient (Wildman–Crippen LogP) is 4.56. The molecule has 156 valence electrons. The average molecular weight is 413 g/mol. The summed E-state index contributed by atoms with van der Waals surface area (Å²) in [5.74, 6) is 1.81. The van der Waals surface area contributed by atoms with Crippen LogP contribution in [0.3, 0.4) is 0 Å². The summed E-state index contributed by atoms with van der Waals surface area (Å²) in [6.07, 6.45) is 1.62. The van der Waals surface area contributed by atoms with Crippen molar-refractivity contribution in [3.8, 4) is 11.5 Å². The number of ether oxygens (including phenoxy) is 2. The Balaban J connectivity index is 1.60. The maximum atomic E-state index is 12.8. The fraction of sp³-hybridized carbons (Fsp3) is 0.160. The van der Waals surface area contributed by atoms with Gasteiger partial charge in [-0.2, -0.15) is 9.78 Å². The lowest BCUT2D eigenvalue weighted by Crippen LogP contribution is -2.20. The highest BCUT2D eigenvalue weighted by atomic mass is 16.5. The summed E-state index contributed by atoms with van der Waals surface area (Å²) < 4.78 is 13.0. The highest BCUT2D eigenvalue weighted by Crippen LogP contribution is 2.29. The van der Waals surface area contributed by atoms with Crippen LogP contribution in [0, 0.1) is 6.92 Å². The Hall–Kier alpha value is -3.93. The molecule has 0 N–H and O–H groups in total. The average Bonchev–Trinajstić information content (AvgIpc) is 2.79. The van der Waals surface area contributed by atoms with Crippen molar-refractivity contribution >= 4 is 17.1 Å². The second-order valence-corrected chi connectivity index (χ2v) is 6.95. The Bertz CT molecular complexity index is 1280. The maximum absolute atomic E-state index is 12.8. The number of hydrogen-bond acceptors (Lipinski definition) is 5. The van der Waals surface area contributed by atoms with Crippen LogP contribution in [-0.2, 0) is 6.61 Å². The number of fused-ring (bicyclic) bond motifs is 1. The van der Waals surface area contributed by atoms with Crippen molar-refractivity contribution < 1.29 is 9.47 Å². The van der Waals surface area contributed by atoms with Gasteiger partial charge >= 0.3 is 0 Å². The SMILES string of the molecule is CCOc1cc(C=Nn2c(C)nc3ccccc3c2=O)ccc1OCc1ccccc1. The summed E-state index contributed by atoms with van der Waals surface area (Å²) in [5.41, 5.74) is 2.33. The molecule has 0 unspecified atom stereocenters. The topological polar surface area (TPSA) is 65.7 Å². The zero-order valence-corrected chi connectivity index (χ0v) is 17.5. The highest BCUT2D eigenvalue weighted by Gasteiger charge is 2.08. The summed E-state index contributed by atoms with van der Waals surface area (Å²) in [4.78, 5) is 17.2. The van der Waals surface area contributed by atoms with E-state index in [2.05, 4.69) is 10.1 Å². The quantitative estimate of drug-likeness (QED) is 0.417. The molecule has 0 radical (unpaired) electrons. The fourth-order valence-corrected chi connectivity index (χ4v) is 3.22. The molecule has 0 aliphatic rings. The first kappa shape index (κ1) is 20.3. The molecule has 4 aromatic rings. The van der Waals surface area contributed by atoms with Crippen LogP contribution in [0.4, 0.5) is 0 Å². The first-order chi connectivity index (χ1) is 15.2. The van der Waals surface area contributed by atoms with Crippen molar-refractivity contribution in [1.82, 2.24) is 9.66 Å². The van der Waals surface area contributed by atoms with Crippen molar-refractivity contribution in [1.29, 1.82) is 0 Å². The molecule has 0 aliphatic heterocycles. The van der Waals surface area contributed by atoms with Crippen LogP contribution in [0.1, 0.15) is 23.9 Å². The van der Waals surface area contributed by atoms with E-state index in [1.165, 1.54) is 4.68 Å². The molecule has 4 rings (SSSR count). The lowest BCUT2D eigenvalue weighted by atomic mass is 10.2. The molecule has 0 spiro atoms. The Kier molecular flexibility index (Phi) is 6.08. The van der Waals surface area contributed by atoms with Gasteiger partial charge in [-0.3, -0.25) is 4.79 Å². The van der Waals surface area contributed by atoms with Crippen molar-refractivity contribution in [2.75, 3.05) is 6.61 Å². The number of benzene rings is 3. The molecule has 1 aromatic heterocycles. The van der Waals surface area contributed by atoms with Gasteiger partial charge in [0.1, 0.15) is 12.4 Å². The molecule has 1 heterocycles. The Morgan fingerprint density at radius 1 is 0.968 bits per heavy atom. The van der Waals surface area contributed by atoms with Gasteiger partial charge in [-0.1, -0.05) is 42.5 Å². The number of nitrogens with zero attached hydrogens (tertiary/aromatic N) is 3. The molecule has 31 heavy (non-hydrogen) atoms. The lowest BCUT2D eigenvalue weighted by molar-refractivity contribution is 0.269. The van der Waals surface area contributed by atoms with Crippen molar-refractivity contribution in [2.24, 2.45) is 5.10 Å². The van der Waals surface area contributed by atoms with Gasteiger partial charge in [-0.25, -0.2) is 4.98 Å². The molecule has 0 saturated carbocycles. The van der Waals surface area contributed by atoms with E-state index in [1.807, 2.05) is 73.7 Å². The van der Waals surface area contributed by atoms with Crippen LogP contribution >= 0.6 is 0 Å². The van der Waals surface area contributed by atoms with Crippen molar-refractivity contribution in [2.45, 2.75) is 20.5 Å². The fourth-order valence-electron chi connectivity index (χ4n) is 3.22. The molecule has 0 saturated heterocycles. The minimum Gasteiger partial charge on any atom is -0.490 e. The van der Waals surface area contributed by atoms with Gasteiger partial charge in [-0.05, 0) is 55.3 Å². The van der Waals surface area contributed by atoms with Crippen LogP contribution in [-0.4, -0.2) is 22.5 Å². The number of hydrogen-bond donors (Lipinski definition) is 0. The van der Waals surface area contributed by atoms with Gasteiger partial charge in [0.15, 0.2) is 11.5 Å². The first-order valence-electron chi connectivity index (χ1n) is 10.1. The summed E-state index contributed by atoms with van der Waals surface area (Å²) in [6, 6.07) is 22.8. The van der Waals surface area contributed by atoms with E-state index in [-0.39, 0.29) is 5.56 Å². The van der Waals surface area contributed by atoms with Crippen LogP contribution in [0.2, 0.25) is 0 Å². The minimum atomic E-state index is -0.202. The van der Waals surface area contributed by atoms with Crippen molar-refractivity contribution in [3.63, 3.8) is 0 Å². The molecule has 0 fully saturated rings. The summed E-state index contributed by atoms with van der Waals surface area (Å²) in [5, 5.41) is 4.90. The maximum Gasteiger partial charge on any atom is 0.282 e. The number of para-hydroxylation sites is 1. The Labute approximate surface area is 180 Å². The molecular formula is C25H23N3O3. The smallest absolute Gasteiger partial charge is 0.282 e. The van der Waals surface area contributed by atoms with Gasteiger partial charge in [0, 0.05) is 0 Å². The van der Waals surface area contributed by atoms with Crippen LogP contribution in [0.25, 0.3) is 10.9 Å².